The largest absolute Gasteiger partial charge is 0.490 e. The van der Waals surface area contributed by atoms with Crippen LogP contribution in [0, 0.1) is 58.2 Å². The van der Waals surface area contributed by atoms with Gasteiger partial charge in [-0.3, -0.25) is 9.59 Å². The lowest BCUT2D eigenvalue weighted by molar-refractivity contribution is -0.141. The quantitative estimate of drug-likeness (QED) is 0.517. The number of benzene rings is 1. The number of ketones is 1. The lowest BCUT2D eigenvalue weighted by atomic mass is 9.52. The van der Waals surface area contributed by atoms with Crippen LogP contribution in [0.5, 0.6) is 5.75 Å². The van der Waals surface area contributed by atoms with Crippen LogP contribution in [0.15, 0.2) is 35.9 Å². The molecule has 7 rings (SSSR count). The Labute approximate surface area is 221 Å². The van der Waals surface area contributed by atoms with Crippen LogP contribution in [0.25, 0.3) is 0 Å². The molecule has 1 aromatic rings. The highest BCUT2D eigenvalue weighted by Gasteiger charge is 2.68. The van der Waals surface area contributed by atoms with E-state index in [0.29, 0.717) is 24.2 Å². The molecule has 3 fully saturated rings. The highest BCUT2D eigenvalue weighted by molar-refractivity contribution is 5.94. The standard InChI is InChI=1S/C32H43NO4/c1-7-31(5)15-18(4)24-23-26(31)27(34)22-21(29(35)33-30(22)36)13-19-8-10-20(11-9-19)37-28(23)25-17(3)12-16(2)14-32(24,25)6/h8-11,15-17,21-26,28,30,36H,7,12-14H2,1-6H3,(H,33,35). The Kier molecular flexibility index (Phi) is 5.73. The second kappa shape index (κ2) is 8.43. The van der Waals surface area contributed by atoms with E-state index in [0.717, 1.165) is 24.2 Å². The number of carbonyl (C=O) groups is 2. The second-order valence-electron chi connectivity index (χ2n) is 13.8. The van der Waals surface area contributed by atoms with Crippen molar-refractivity contribution < 1.29 is 19.4 Å². The van der Waals surface area contributed by atoms with Gasteiger partial charge in [0.05, 0.1) is 11.8 Å². The molecule has 6 aliphatic rings. The van der Waals surface area contributed by atoms with Crippen LogP contribution < -0.4 is 10.1 Å². The van der Waals surface area contributed by atoms with E-state index < -0.39 is 18.1 Å². The van der Waals surface area contributed by atoms with Gasteiger partial charge in [0, 0.05) is 17.8 Å². The average Bonchev–Trinajstić information content (AvgIpc) is 3.23. The zero-order chi connectivity index (χ0) is 26.4. The van der Waals surface area contributed by atoms with Crippen molar-refractivity contribution in [3.05, 3.63) is 41.5 Å². The Bertz CT molecular complexity index is 1140. The van der Waals surface area contributed by atoms with Crippen molar-refractivity contribution in [1.29, 1.82) is 0 Å². The Morgan fingerprint density at radius 1 is 1.11 bits per heavy atom. The van der Waals surface area contributed by atoms with Crippen LogP contribution >= 0.6 is 0 Å². The van der Waals surface area contributed by atoms with Crippen molar-refractivity contribution in [2.45, 2.75) is 79.6 Å². The van der Waals surface area contributed by atoms with Crippen molar-refractivity contribution in [1.82, 2.24) is 5.32 Å². The first kappa shape index (κ1) is 25.2. The number of hydrogen-bond acceptors (Lipinski definition) is 4. The molecule has 2 bridgehead atoms. The number of aliphatic hydroxyl groups is 1. The van der Waals surface area contributed by atoms with Crippen LogP contribution in [0.4, 0.5) is 0 Å². The summed E-state index contributed by atoms with van der Waals surface area (Å²) in [6.07, 6.45) is 4.72. The van der Waals surface area contributed by atoms with Crippen molar-refractivity contribution in [3.8, 4) is 5.75 Å². The number of aliphatic hydroxyl groups excluding tert-OH is 1. The van der Waals surface area contributed by atoms with E-state index in [4.69, 9.17) is 4.74 Å². The summed E-state index contributed by atoms with van der Waals surface area (Å²) >= 11 is 0. The SMILES string of the molecule is CCC1(C)C=C(C)C2C3C(Oc4ccc(cc4)CC4C(=O)NC(O)C4C(=O)C31)C1C(C)CC(C)CC21C. The molecule has 3 heterocycles. The lowest BCUT2D eigenvalue weighted by Gasteiger charge is -2.51. The van der Waals surface area contributed by atoms with Gasteiger partial charge in [-0.1, -0.05) is 58.4 Å². The lowest BCUT2D eigenvalue weighted by Crippen LogP contribution is -2.52. The van der Waals surface area contributed by atoms with Gasteiger partial charge >= 0.3 is 0 Å². The summed E-state index contributed by atoms with van der Waals surface area (Å²) in [4.78, 5) is 27.9. The van der Waals surface area contributed by atoms with E-state index in [1.54, 1.807) is 0 Å². The number of amides is 1. The summed E-state index contributed by atoms with van der Waals surface area (Å²) in [5.41, 5.74) is 2.05. The maximum atomic E-state index is 14.8. The molecule has 0 aromatic heterocycles. The van der Waals surface area contributed by atoms with Crippen LogP contribution in [0.3, 0.4) is 0 Å². The van der Waals surface area contributed by atoms with Gasteiger partial charge in [0.25, 0.3) is 0 Å². The van der Waals surface area contributed by atoms with Gasteiger partial charge in [-0.25, -0.2) is 0 Å². The predicted molar refractivity (Wildman–Crippen MR) is 142 cm³/mol. The third kappa shape index (κ3) is 3.52. The molecule has 1 aromatic carbocycles. The van der Waals surface area contributed by atoms with Crippen LogP contribution in [0.2, 0.25) is 0 Å². The van der Waals surface area contributed by atoms with Crippen molar-refractivity contribution in [2.75, 3.05) is 0 Å². The zero-order valence-corrected chi connectivity index (χ0v) is 23.2. The van der Waals surface area contributed by atoms with Crippen molar-refractivity contribution >= 4 is 11.7 Å². The number of Topliss-reactive ketones (excluding diaryl/α,β-unsaturated/α-hetero) is 1. The number of hydrogen-bond donors (Lipinski definition) is 2. The molecule has 5 nitrogen and oxygen atoms in total. The summed E-state index contributed by atoms with van der Waals surface area (Å²) < 4.78 is 7.01. The molecule has 3 aliphatic heterocycles. The molecule has 0 spiro atoms. The topological polar surface area (TPSA) is 75.6 Å². The van der Waals surface area contributed by atoms with E-state index in [1.165, 1.54) is 12.0 Å². The molecule has 0 radical (unpaired) electrons. The van der Waals surface area contributed by atoms with E-state index in [9.17, 15) is 14.7 Å². The molecular weight excluding hydrogens is 462 g/mol. The number of nitrogens with one attached hydrogen (secondary N) is 1. The van der Waals surface area contributed by atoms with Gasteiger partial charge in [0.15, 0.2) is 0 Å². The number of ether oxygens (including phenoxy) is 1. The molecule has 2 N–H and O–H groups in total. The summed E-state index contributed by atoms with van der Waals surface area (Å²) in [6.45, 7) is 13.9. The van der Waals surface area contributed by atoms with Crippen molar-refractivity contribution in [3.63, 3.8) is 0 Å². The van der Waals surface area contributed by atoms with Gasteiger partial charge in [-0.05, 0) is 78.9 Å². The Hall–Kier alpha value is -2.14. The molecule has 5 heteroatoms. The highest BCUT2D eigenvalue weighted by atomic mass is 16.5. The highest BCUT2D eigenvalue weighted by Crippen LogP contribution is 2.68. The normalized spacial score (nSPS) is 48.6. The molecule has 12 unspecified atom stereocenters. The molecule has 1 amide bonds. The minimum Gasteiger partial charge on any atom is -0.490 e. The number of fused-ring (bicyclic) bond motifs is 4. The summed E-state index contributed by atoms with van der Waals surface area (Å²) in [5.74, 6) is 0.763. The predicted octanol–water partition coefficient (Wildman–Crippen LogP) is 5.17. The minimum atomic E-state index is -1.14. The number of rotatable bonds is 1. The zero-order valence-electron chi connectivity index (χ0n) is 23.2. The first-order valence-electron chi connectivity index (χ1n) is 14.5. The molecule has 12 atom stereocenters. The number of allylic oxidation sites excluding steroid dienone is 2. The van der Waals surface area contributed by atoms with E-state index >= 15 is 0 Å². The van der Waals surface area contributed by atoms with E-state index in [-0.39, 0.29) is 46.4 Å². The van der Waals surface area contributed by atoms with Gasteiger partial charge in [0.2, 0.25) is 5.91 Å². The van der Waals surface area contributed by atoms with Crippen LogP contribution in [0.1, 0.15) is 66.4 Å². The fourth-order valence-electron chi connectivity index (χ4n) is 10.3. The fraction of sp³-hybridized carbons (Fsp3) is 0.688. The molecule has 37 heavy (non-hydrogen) atoms. The van der Waals surface area contributed by atoms with Gasteiger partial charge in [-0.15, -0.1) is 0 Å². The molecule has 1 saturated heterocycles. The first-order chi connectivity index (χ1) is 17.5. The molecule has 2 saturated carbocycles. The van der Waals surface area contributed by atoms with E-state index in [2.05, 4.69) is 52.9 Å². The van der Waals surface area contributed by atoms with Gasteiger partial charge in [0.1, 0.15) is 23.9 Å². The van der Waals surface area contributed by atoms with Crippen molar-refractivity contribution in [2.24, 2.45) is 58.2 Å². The monoisotopic (exact) mass is 505 g/mol. The maximum Gasteiger partial charge on any atom is 0.226 e. The summed E-state index contributed by atoms with van der Waals surface area (Å²) in [7, 11) is 0. The summed E-state index contributed by atoms with van der Waals surface area (Å²) in [6, 6.07) is 8.12. The third-order valence-corrected chi connectivity index (χ3v) is 11.4. The Balaban J connectivity index is 1.60. The minimum absolute atomic E-state index is 0.00727. The molecule has 3 aliphatic carbocycles. The van der Waals surface area contributed by atoms with Gasteiger partial charge in [-0.2, -0.15) is 0 Å². The molecular formula is C32H43NO4. The van der Waals surface area contributed by atoms with Gasteiger partial charge < -0.3 is 15.2 Å². The average molecular weight is 506 g/mol. The summed E-state index contributed by atoms with van der Waals surface area (Å²) in [5, 5.41) is 13.8. The number of carbonyl (C=O) groups excluding carboxylic acids is 2. The second-order valence-corrected chi connectivity index (χ2v) is 13.8. The van der Waals surface area contributed by atoms with Crippen LogP contribution in [-0.2, 0) is 16.0 Å². The Morgan fingerprint density at radius 2 is 1.81 bits per heavy atom. The van der Waals surface area contributed by atoms with Crippen LogP contribution in [-0.4, -0.2) is 29.1 Å². The first-order valence-corrected chi connectivity index (χ1v) is 14.5. The molecule has 200 valence electrons. The maximum absolute atomic E-state index is 14.8. The fourth-order valence-corrected chi connectivity index (χ4v) is 10.3. The third-order valence-electron chi connectivity index (χ3n) is 11.4. The van der Waals surface area contributed by atoms with E-state index in [1.807, 2.05) is 24.3 Å². The Morgan fingerprint density at radius 3 is 2.49 bits per heavy atom. The smallest absolute Gasteiger partial charge is 0.226 e.